The lowest BCUT2D eigenvalue weighted by Crippen LogP contribution is -2.62. The van der Waals surface area contributed by atoms with Gasteiger partial charge in [-0.05, 0) is 13.3 Å². The fraction of sp³-hybridized carbons (Fsp3) is 0.909. The number of ether oxygens (including phenoxy) is 1. The summed E-state index contributed by atoms with van der Waals surface area (Å²) < 4.78 is 5.34. The Morgan fingerprint density at radius 1 is 1.24 bits per heavy atom. The quantitative estimate of drug-likeness (QED) is 0.495. The molecule has 4 N–H and O–H groups in total. The molecular weight excluding hydrogens is 226 g/mol. The van der Waals surface area contributed by atoms with Crippen LogP contribution in [0.5, 0.6) is 0 Å². The van der Waals surface area contributed by atoms with Crippen LogP contribution in [0.15, 0.2) is 0 Å². The number of aliphatic hydroxyl groups is 4. The third kappa shape index (κ3) is 2.44. The van der Waals surface area contributed by atoms with Gasteiger partial charge in [0.2, 0.25) is 0 Å². The van der Waals surface area contributed by atoms with E-state index in [1.54, 1.807) is 13.8 Å². The number of hydrogen-bond donors (Lipinski definition) is 4. The Labute approximate surface area is 100 Å². The highest BCUT2D eigenvalue weighted by molar-refractivity contribution is 5.07. The Balaban J connectivity index is 2.97. The Kier molecular flexibility index (Phi) is 4.47. The lowest BCUT2D eigenvalue weighted by Gasteiger charge is -2.45. The summed E-state index contributed by atoms with van der Waals surface area (Å²) in [6.45, 7) is 2.90. The van der Waals surface area contributed by atoms with Crippen LogP contribution in [0.25, 0.3) is 0 Å². The second-order valence-corrected chi connectivity index (χ2v) is 4.63. The molecule has 98 valence electrons. The normalized spacial score (nSPS) is 41.6. The summed E-state index contributed by atoms with van der Waals surface area (Å²) >= 11 is 0. The van der Waals surface area contributed by atoms with E-state index < -0.39 is 42.5 Å². The zero-order chi connectivity index (χ0) is 13.2. The van der Waals surface area contributed by atoms with E-state index in [0.29, 0.717) is 6.42 Å². The van der Waals surface area contributed by atoms with E-state index >= 15 is 0 Å². The van der Waals surface area contributed by atoms with Gasteiger partial charge in [0, 0.05) is 0 Å². The van der Waals surface area contributed by atoms with Crippen LogP contribution in [0.4, 0.5) is 0 Å². The van der Waals surface area contributed by atoms with Gasteiger partial charge >= 0.3 is 0 Å². The summed E-state index contributed by atoms with van der Waals surface area (Å²) in [6, 6.07) is 2.05. The van der Waals surface area contributed by atoms with Crippen LogP contribution in [0.3, 0.4) is 0 Å². The molecule has 1 aliphatic heterocycles. The first-order valence-corrected chi connectivity index (χ1v) is 5.63. The Morgan fingerprint density at radius 3 is 2.24 bits per heavy atom. The van der Waals surface area contributed by atoms with Crippen LogP contribution in [-0.4, -0.2) is 57.6 Å². The minimum Gasteiger partial charge on any atom is -0.394 e. The van der Waals surface area contributed by atoms with Crippen molar-refractivity contribution in [3.8, 4) is 6.07 Å². The lowest BCUT2D eigenvalue weighted by atomic mass is 9.76. The fourth-order valence-corrected chi connectivity index (χ4v) is 1.97. The second kappa shape index (κ2) is 5.29. The minimum atomic E-state index is -1.43. The maximum absolute atomic E-state index is 9.85. The zero-order valence-corrected chi connectivity index (χ0v) is 9.95. The van der Waals surface area contributed by atoms with Crippen molar-refractivity contribution in [2.45, 2.75) is 50.8 Å². The first kappa shape index (κ1) is 14.4. The van der Waals surface area contributed by atoms with Gasteiger partial charge in [-0.15, -0.1) is 0 Å². The maximum Gasteiger partial charge on any atom is 0.111 e. The molecule has 17 heavy (non-hydrogen) atoms. The number of aliphatic hydroxyl groups excluding tert-OH is 4. The Bertz CT molecular complexity index is 303. The van der Waals surface area contributed by atoms with Crippen LogP contribution in [0.1, 0.15) is 20.3 Å². The summed E-state index contributed by atoms with van der Waals surface area (Å²) in [5.74, 6) is 0. The molecule has 0 aromatic carbocycles. The third-order valence-electron chi connectivity index (χ3n) is 3.51. The largest absolute Gasteiger partial charge is 0.394 e. The molecule has 0 aromatic rings. The van der Waals surface area contributed by atoms with Gasteiger partial charge in [0.15, 0.2) is 0 Å². The molecule has 1 fully saturated rings. The molecule has 0 saturated carbocycles. The van der Waals surface area contributed by atoms with E-state index in [1.165, 1.54) is 0 Å². The van der Waals surface area contributed by atoms with E-state index in [9.17, 15) is 15.3 Å². The zero-order valence-electron chi connectivity index (χ0n) is 9.95. The van der Waals surface area contributed by atoms with Crippen molar-refractivity contribution in [1.82, 2.24) is 0 Å². The average molecular weight is 245 g/mol. The van der Waals surface area contributed by atoms with E-state index in [2.05, 4.69) is 0 Å². The standard InChI is InChI=1S/C11H19NO5/c1-3-11(2,5-12)10-9(16)8(15)7(14)6(4-13)17-10/h6-10,13-16H,3-4H2,1-2H3/t6-,7-,8+,9-,10-,11+/m1/s1. The molecule has 0 aromatic heterocycles. The van der Waals surface area contributed by atoms with E-state index in [-0.39, 0.29) is 0 Å². The van der Waals surface area contributed by atoms with Crippen molar-refractivity contribution in [1.29, 1.82) is 5.26 Å². The Hall–Kier alpha value is -0.710. The van der Waals surface area contributed by atoms with Gasteiger partial charge in [0.1, 0.15) is 30.5 Å². The Morgan fingerprint density at radius 2 is 1.82 bits per heavy atom. The summed E-state index contributed by atoms with van der Waals surface area (Å²) in [5, 5.41) is 47.2. The van der Waals surface area contributed by atoms with Crippen molar-refractivity contribution in [2.24, 2.45) is 5.41 Å². The van der Waals surface area contributed by atoms with Gasteiger partial charge in [-0.25, -0.2) is 0 Å². The summed E-state index contributed by atoms with van der Waals surface area (Å²) in [4.78, 5) is 0. The third-order valence-corrected chi connectivity index (χ3v) is 3.51. The fourth-order valence-electron chi connectivity index (χ4n) is 1.97. The molecule has 1 heterocycles. The summed E-state index contributed by atoms with van der Waals surface area (Å²) in [7, 11) is 0. The molecule has 0 amide bonds. The van der Waals surface area contributed by atoms with Crippen molar-refractivity contribution >= 4 is 0 Å². The highest BCUT2D eigenvalue weighted by Gasteiger charge is 2.50. The molecule has 0 bridgehead atoms. The number of nitrogens with zero attached hydrogens (tertiary/aromatic N) is 1. The van der Waals surface area contributed by atoms with Crippen molar-refractivity contribution in [3.63, 3.8) is 0 Å². The maximum atomic E-state index is 9.85. The number of rotatable bonds is 3. The first-order valence-electron chi connectivity index (χ1n) is 5.63. The van der Waals surface area contributed by atoms with Gasteiger partial charge in [0.25, 0.3) is 0 Å². The van der Waals surface area contributed by atoms with Gasteiger partial charge < -0.3 is 25.2 Å². The highest BCUT2D eigenvalue weighted by atomic mass is 16.5. The molecule has 0 aliphatic carbocycles. The monoisotopic (exact) mass is 245 g/mol. The summed E-state index contributed by atoms with van der Waals surface area (Å²) in [5.41, 5.74) is -0.978. The SMILES string of the molecule is CC[C@@](C)(C#N)[C@@H]1O[C@H](CO)[C@@H](O)[C@H](O)[C@H]1O. The van der Waals surface area contributed by atoms with Crippen LogP contribution in [-0.2, 0) is 4.74 Å². The molecule has 1 rings (SSSR count). The molecule has 6 nitrogen and oxygen atoms in total. The smallest absolute Gasteiger partial charge is 0.111 e. The first-order chi connectivity index (χ1) is 7.91. The molecule has 0 spiro atoms. The van der Waals surface area contributed by atoms with Gasteiger partial charge in [-0.1, -0.05) is 6.92 Å². The predicted octanol–water partition coefficient (Wildman–Crippen LogP) is -1.23. The molecule has 1 saturated heterocycles. The van der Waals surface area contributed by atoms with Crippen molar-refractivity contribution < 1.29 is 25.2 Å². The van der Waals surface area contributed by atoms with Gasteiger partial charge in [-0.3, -0.25) is 0 Å². The topological polar surface area (TPSA) is 114 Å². The van der Waals surface area contributed by atoms with E-state index in [4.69, 9.17) is 15.1 Å². The van der Waals surface area contributed by atoms with Crippen LogP contribution in [0, 0.1) is 16.7 Å². The highest BCUT2D eigenvalue weighted by Crippen LogP contribution is 2.35. The lowest BCUT2D eigenvalue weighted by molar-refractivity contribution is -0.248. The number of nitriles is 1. The van der Waals surface area contributed by atoms with Crippen molar-refractivity contribution in [3.05, 3.63) is 0 Å². The van der Waals surface area contributed by atoms with Crippen LogP contribution < -0.4 is 0 Å². The second-order valence-electron chi connectivity index (χ2n) is 4.63. The van der Waals surface area contributed by atoms with E-state index in [0.717, 1.165) is 0 Å². The molecule has 6 atom stereocenters. The number of hydrogen-bond acceptors (Lipinski definition) is 6. The average Bonchev–Trinajstić information content (AvgIpc) is 2.35. The summed E-state index contributed by atoms with van der Waals surface area (Å²) in [6.07, 6.45) is -5.63. The molecule has 0 unspecified atom stereocenters. The molecule has 6 heteroatoms. The van der Waals surface area contributed by atoms with Crippen molar-refractivity contribution in [2.75, 3.05) is 6.61 Å². The van der Waals surface area contributed by atoms with Gasteiger partial charge in [0.05, 0.1) is 18.1 Å². The predicted molar refractivity (Wildman–Crippen MR) is 57.8 cm³/mol. The van der Waals surface area contributed by atoms with Crippen LogP contribution in [0.2, 0.25) is 0 Å². The minimum absolute atomic E-state index is 0.423. The molecule has 0 radical (unpaired) electrons. The molecular formula is C11H19NO5. The van der Waals surface area contributed by atoms with Gasteiger partial charge in [-0.2, -0.15) is 5.26 Å². The van der Waals surface area contributed by atoms with Crippen LogP contribution >= 0.6 is 0 Å². The van der Waals surface area contributed by atoms with E-state index in [1.807, 2.05) is 6.07 Å². The molecule has 1 aliphatic rings.